The van der Waals surface area contributed by atoms with Crippen molar-refractivity contribution in [2.24, 2.45) is 0 Å². The highest BCUT2D eigenvalue weighted by atomic mass is 32.2. The second-order valence-corrected chi connectivity index (χ2v) is 9.85. The molecule has 2 aromatic heterocycles. The molecule has 0 radical (unpaired) electrons. The number of para-hydroxylation sites is 2. The molecule has 160 valence electrons. The third kappa shape index (κ3) is 3.79. The van der Waals surface area contributed by atoms with Crippen molar-refractivity contribution in [3.63, 3.8) is 0 Å². The minimum Gasteiger partial charge on any atom is -0.348 e. The average Bonchev–Trinajstić information content (AvgIpc) is 3.36. The number of aromatic amines is 2. The van der Waals surface area contributed by atoms with Gasteiger partial charge in [0.15, 0.2) is 5.82 Å². The average molecular weight is 439 g/mol. The molecule has 9 nitrogen and oxygen atoms in total. The van der Waals surface area contributed by atoms with Crippen molar-refractivity contribution in [2.45, 2.75) is 18.9 Å². The summed E-state index contributed by atoms with van der Waals surface area (Å²) in [7, 11) is -3.27. The minimum absolute atomic E-state index is 0.217. The van der Waals surface area contributed by atoms with E-state index in [-0.39, 0.29) is 11.9 Å². The Morgan fingerprint density at radius 3 is 2.84 bits per heavy atom. The monoisotopic (exact) mass is 438 g/mol. The molecule has 1 atom stereocenters. The predicted octanol–water partition coefficient (Wildman–Crippen LogP) is 2.26. The number of aromatic nitrogens is 4. The molecule has 2 aromatic carbocycles. The zero-order valence-corrected chi connectivity index (χ0v) is 17.7. The molecule has 10 heteroatoms. The van der Waals surface area contributed by atoms with Gasteiger partial charge in [0, 0.05) is 30.1 Å². The molecule has 3 N–H and O–H groups in total. The first kappa shape index (κ1) is 19.7. The molecule has 1 amide bonds. The molecule has 0 bridgehead atoms. The summed E-state index contributed by atoms with van der Waals surface area (Å²) in [5.41, 5.74) is 3.68. The number of fused-ring (bicyclic) bond motifs is 2. The van der Waals surface area contributed by atoms with Crippen LogP contribution in [-0.4, -0.2) is 64.2 Å². The summed E-state index contributed by atoms with van der Waals surface area (Å²) in [6, 6.07) is 12.8. The highest BCUT2D eigenvalue weighted by Gasteiger charge is 2.27. The van der Waals surface area contributed by atoms with E-state index in [1.807, 2.05) is 30.3 Å². The molecule has 1 saturated heterocycles. The van der Waals surface area contributed by atoms with Crippen molar-refractivity contribution >= 4 is 37.9 Å². The van der Waals surface area contributed by atoms with E-state index in [1.54, 1.807) is 12.1 Å². The molecule has 0 spiro atoms. The largest absolute Gasteiger partial charge is 0.348 e. The molecule has 1 fully saturated rings. The Kier molecular flexibility index (Phi) is 4.75. The van der Waals surface area contributed by atoms with Crippen molar-refractivity contribution in [3.05, 3.63) is 48.0 Å². The highest BCUT2D eigenvalue weighted by molar-refractivity contribution is 7.88. The van der Waals surface area contributed by atoms with E-state index in [2.05, 4.69) is 25.5 Å². The van der Waals surface area contributed by atoms with E-state index in [0.29, 0.717) is 30.2 Å². The number of rotatable bonds is 4. The summed E-state index contributed by atoms with van der Waals surface area (Å²) in [5.74, 6) is 0.389. The Morgan fingerprint density at radius 2 is 2.03 bits per heavy atom. The smallest absolute Gasteiger partial charge is 0.251 e. The maximum Gasteiger partial charge on any atom is 0.251 e. The van der Waals surface area contributed by atoms with E-state index >= 15 is 0 Å². The van der Waals surface area contributed by atoms with Crippen LogP contribution in [0.5, 0.6) is 0 Å². The van der Waals surface area contributed by atoms with Crippen molar-refractivity contribution in [2.75, 3.05) is 19.3 Å². The van der Waals surface area contributed by atoms with Gasteiger partial charge in [0.25, 0.3) is 5.91 Å². The number of hydrogen-bond acceptors (Lipinski definition) is 5. The number of imidazole rings is 1. The first-order valence-corrected chi connectivity index (χ1v) is 11.9. The lowest BCUT2D eigenvalue weighted by molar-refractivity contribution is 0.0921. The topological polar surface area (TPSA) is 124 Å². The second kappa shape index (κ2) is 7.47. The van der Waals surface area contributed by atoms with Crippen LogP contribution in [0.25, 0.3) is 33.5 Å². The van der Waals surface area contributed by atoms with Crippen LogP contribution in [0.15, 0.2) is 42.5 Å². The number of nitrogens with one attached hydrogen (secondary N) is 3. The maximum atomic E-state index is 12.9. The van der Waals surface area contributed by atoms with Gasteiger partial charge in [-0.3, -0.25) is 9.89 Å². The van der Waals surface area contributed by atoms with Gasteiger partial charge in [0.2, 0.25) is 10.0 Å². The van der Waals surface area contributed by atoms with E-state index in [0.717, 1.165) is 34.8 Å². The molecular weight excluding hydrogens is 416 g/mol. The lowest BCUT2D eigenvalue weighted by atomic mass is 10.1. The zero-order valence-electron chi connectivity index (χ0n) is 16.9. The number of sulfonamides is 1. The molecule has 31 heavy (non-hydrogen) atoms. The summed E-state index contributed by atoms with van der Waals surface area (Å²) in [4.78, 5) is 20.8. The summed E-state index contributed by atoms with van der Waals surface area (Å²) < 4.78 is 25.1. The summed E-state index contributed by atoms with van der Waals surface area (Å²) in [5, 5.41) is 11.1. The minimum atomic E-state index is -3.27. The normalized spacial score (nSPS) is 17.9. The van der Waals surface area contributed by atoms with Crippen LogP contribution in [0.3, 0.4) is 0 Å². The molecule has 3 heterocycles. The predicted molar refractivity (Wildman–Crippen MR) is 118 cm³/mol. The molecule has 1 aliphatic heterocycles. The Balaban J connectivity index is 1.42. The van der Waals surface area contributed by atoms with Crippen LogP contribution < -0.4 is 5.32 Å². The van der Waals surface area contributed by atoms with Crippen molar-refractivity contribution in [3.8, 4) is 11.5 Å². The maximum absolute atomic E-state index is 12.9. The Hall–Kier alpha value is -3.24. The van der Waals surface area contributed by atoms with Crippen molar-refractivity contribution in [1.29, 1.82) is 0 Å². The van der Waals surface area contributed by atoms with E-state index in [1.165, 1.54) is 10.6 Å². The van der Waals surface area contributed by atoms with Crippen LogP contribution >= 0.6 is 0 Å². The van der Waals surface area contributed by atoms with Gasteiger partial charge in [-0.25, -0.2) is 17.7 Å². The molecule has 1 unspecified atom stereocenters. The van der Waals surface area contributed by atoms with Gasteiger partial charge >= 0.3 is 0 Å². The number of carbonyl (C=O) groups is 1. The van der Waals surface area contributed by atoms with Gasteiger partial charge in [0.05, 0.1) is 22.8 Å². The fraction of sp³-hybridized carbons (Fsp3) is 0.286. The number of piperidine rings is 1. The number of H-pyrrole nitrogens is 2. The van der Waals surface area contributed by atoms with Crippen molar-refractivity contribution < 1.29 is 13.2 Å². The number of amides is 1. The first-order chi connectivity index (χ1) is 14.9. The number of hydrogen-bond donors (Lipinski definition) is 3. The Labute approximate surface area is 178 Å². The fourth-order valence-corrected chi connectivity index (χ4v) is 4.94. The van der Waals surface area contributed by atoms with E-state index in [9.17, 15) is 13.2 Å². The zero-order chi connectivity index (χ0) is 21.6. The van der Waals surface area contributed by atoms with Gasteiger partial charge in [-0.15, -0.1) is 0 Å². The van der Waals surface area contributed by atoms with Crippen LogP contribution in [0.2, 0.25) is 0 Å². The van der Waals surface area contributed by atoms with Crippen LogP contribution in [-0.2, 0) is 10.0 Å². The number of nitrogens with zero attached hydrogens (tertiary/aromatic N) is 3. The molecule has 1 aliphatic rings. The van der Waals surface area contributed by atoms with Gasteiger partial charge in [-0.2, -0.15) is 5.10 Å². The second-order valence-electron chi connectivity index (χ2n) is 7.87. The summed E-state index contributed by atoms with van der Waals surface area (Å²) in [6.45, 7) is 0.788. The molecule has 4 aromatic rings. The van der Waals surface area contributed by atoms with Crippen LogP contribution in [0.4, 0.5) is 0 Å². The van der Waals surface area contributed by atoms with Crippen molar-refractivity contribution in [1.82, 2.24) is 29.8 Å². The molecule has 0 saturated carbocycles. The van der Waals surface area contributed by atoms with Crippen LogP contribution in [0.1, 0.15) is 23.2 Å². The third-order valence-corrected chi connectivity index (χ3v) is 6.90. The first-order valence-electron chi connectivity index (χ1n) is 10.1. The van der Waals surface area contributed by atoms with E-state index in [4.69, 9.17) is 0 Å². The van der Waals surface area contributed by atoms with Gasteiger partial charge in [-0.1, -0.05) is 12.1 Å². The summed E-state index contributed by atoms with van der Waals surface area (Å²) >= 11 is 0. The van der Waals surface area contributed by atoms with Crippen LogP contribution in [0, 0.1) is 0 Å². The standard InChI is InChI=1S/C21H22N6O3S/c1-31(29,30)27-10-4-5-14(12-27)22-21(28)13-8-9-16-15(11-13)19(26-25-16)20-23-17-6-2-3-7-18(17)24-20/h2-3,6-9,11,14H,4-5,10,12H2,1H3,(H,22,28)(H,23,24)(H,25,26). The van der Waals surface area contributed by atoms with E-state index < -0.39 is 10.0 Å². The molecule has 5 rings (SSSR count). The van der Waals surface area contributed by atoms with Gasteiger partial charge in [-0.05, 0) is 43.2 Å². The lowest BCUT2D eigenvalue weighted by Crippen LogP contribution is -2.49. The highest BCUT2D eigenvalue weighted by Crippen LogP contribution is 2.27. The molecule has 0 aliphatic carbocycles. The quantitative estimate of drug-likeness (QED) is 0.451. The number of carbonyl (C=O) groups excluding carboxylic acids is 1. The summed E-state index contributed by atoms with van der Waals surface area (Å²) in [6.07, 6.45) is 2.66. The third-order valence-electron chi connectivity index (χ3n) is 5.63. The van der Waals surface area contributed by atoms with Gasteiger partial charge < -0.3 is 10.3 Å². The Bertz CT molecular complexity index is 1360. The molecular formula is C21H22N6O3S. The Morgan fingerprint density at radius 1 is 1.19 bits per heavy atom. The fourth-order valence-electron chi connectivity index (χ4n) is 4.03. The van der Waals surface area contributed by atoms with Gasteiger partial charge in [0.1, 0.15) is 5.69 Å². The lowest BCUT2D eigenvalue weighted by Gasteiger charge is -2.31. The number of benzene rings is 2. The SMILES string of the molecule is CS(=O)(=O)N1CCCC(NC(=O)c2ccc3[nH]nc(-c4nc5ccccc5[nH]4)c3c2)C1.